The maximum atomic E-state index is 13.1. The lowest BCUT2D eigenvalue weighted by Crippen LogP contribution is -2.32. The van der Waals surface area contributed by atoms with Crippen molar-refractivity contribution in [2.24, 2.45) is 4.99 Å². The molecule has 1 atom stereocenters. The van der Waals surface area contributed by atoms with Gasteiger partial charge < -0.3 is 9.47 Å². The smallest absolute Gasteiger partial charge is 0.331 e. The Balaban J connectivity index is 1.83. The van der Waals surface area contributed by atoms with Gasteiger partial charge in [-0.15, -0.1) is 0 Å². The lowest BCUT2D eigenvalue weighted by atomic mass is 10.0. The summed E-state index contributed by atoms with van der Waals surface area (Å²) in [6, 6.07) is 28.9. The van der Waals surface area contributed by atoms with Gasteiger partial charge in [-0.3, -0.25) is 4.99 Å². The third-order valence-electron chi connectivity index (χ3n) is 4.69. The monoisotopic (exact) mass is 429 g/mol. The molecule has 4 nitrogen and oxygen atoms in total. The van der Waals surface area contributed by atoms with Crippen molar-refractivity contribution in [3.63, 3.8) is 0 Å². The zero-order chi connectivity index (χ0) is 22.8. The first-order chi connectivity index (χ1) is 15.4. The maximum absolute atomic E-state index is 13.1. The molecular formula is C28H31NO3. The van der Waals surface area contributed by atoms with Crippen molar-refractivity contribution >= 4 is 11.7 Å². The Morgan fingerprint density at radius 1 is 0.812 bits per heavy atom. The van der Waals surface area contributed by atoms with E-state index in [2.05, 4.69) is 0 Å². The highest BCUT2D eigenvalue weighted by atomic mass is 16.6. The standard InChI is InChI=1S/C28H31NO3/c1-28(2,3)32-27(30)25(20-13-21-31-24-18-11-6-12-19-24)29-26(22-14-7-4-8-15-22)23-16-9-5-10-17-23/h4-12,14-19,25H,13,20-21H2,1-3H3. The zero-order valence-electron chi connectivity index (χ0n) is 19.0. The number of rotatable bonds is 9. The van der Waals surface area contributed by atoms with Crippen LogP contribution in [0, 0.1) is 0 Å². The van der Waals surface area contributed by atoms with Gasteiger partial charge in [-0.05, 0) is 45.7 Å². The van der Waals surface area contributed by atoms with Crippen LogP contribution in [-0.4, -0.2) is 29.9 Å². The quantitative estimate of drug-likeness (QED) is 0.235. The van der Waals surface area contributed by atoms with Gasteiger partial charge in [-0.1, -0.05) is 78.9 Å². The van der Waals surface area contributed by atoms with Gasteiger partial charge in [-0.2, -0.15) is 0 Å². The van der Waals surface area contributed by atoms with Gasteiger partial charge in [0.25, 0.3) is 0 Å². The second-order valence-electron chi connectivity index (χ2n) is 8.56. The molecule has 0 fully saturated rings. The minimum Gasteiger partial charge on any atom is -0.494 e. The number of aliphatic imine (C=N–C) groups is 1. The van der Waals surface area contributed by atoms with Crippen molar-refractivity contribution in [2.75, 3.05) is 6.61 Å². The van der Waals surface area contributed by atoms with Gasteiger partial charge in [-0.25, -0.2) is 4.79 Å². The molecule has 0 bridgehead atoms. The average molecular weight is 430 g/mol. The third-order valence-corrected chi connectivity index (χ3v) is 4.69. The third kappa shape index (κ3) is 7.38. The van der Waals surface area contributed by atoms with Crippen LogP contribution in [0.2, 0.25) is 0 Å². The molecule has 0 radical (unpaired) electrons. The fourth-order valence-electron chi connectivity index (χ4n) is 3.25. The van der Waals surface area contributed by atoms with Gasteiger partial charge >= 0.3 is 5.97 Å². The van der Waals surface area contributed by atoms with Gasteiger partial charge in [0.2, 0.25) is 0 Å². The number of hydrogen-bond donors (Lipinski definition) is 0. The summed E-state index contributed by atoms with van der Waals surface area (Å²) in [6.45, 7) is 6.13. The molecule has 0 aliphatic rings. The number of esters is 1. The minimum absolute atomic E-state index is 0.318. The van der Waals surface area contributed by atoms with E-state index < -0.39 is 11.6 Å². The van der Waals surface area contributed by atoms with Gasteiger partial charge in [0, 0.05) is 11.1 Å². The molecular weight excluding hydrogens is 398 g/mol. The van der Waals surface area contributed by atoms with Crippen LogP contribution in [0.15, 0.2) is 96.0 Å². The summed E-state index contributed by atoms with van der Waals surface area (Å²) in [5.74, 6) is 0.501. The van der Waals surface area contributed by atoms with Crippen molar-refractivity contribution in [3.8, 4) is 5.75 Å². The molecule has 3 aromatic rings. The molecule has 0 saturated carbocycles. The second-order valence-corrected chi connectivity index (χ2v) is 8.56. The highest BCUT2D eigenvalue weighted by Gasteiger charge is 2.25. The first-order valence-electron chi connectivity index (χ1n) is 11.0. The number of ether oxygens (including phenoxy) is 2. The van der Waals surface area contributed by atoms with Crippen molar-refractivity contribution in [1.29, 1.82) is 0 Å². The molecule has 3 aromatic carbocycles. The Hall–Kier alpha value is -3.40. The summed E-state index contributed by atoms with van der Waals surface area (Å²) < 4.78 is 11.5. The van der Waals surface area contributed by atoms with Crippen molar-refractivity contribution < 1.29 is 14.3 Å². The number of hydrogen-bond acceptors (Lipinski definition) is 4. The van der Waals surface area contributed by atoms with E-state index in [1.54, 1.807) is 0 Å². The molecule has 3 rings (SSSR count). The number of nitrogens with zero attached hydrogens (tertiary/aromatic N) is 1. The SMILES string of the molecule is CC(C)(C)OC(=O)C(CCCOc1ccccc1)N=C(c1ccccc1)c1ccccc1. The Labute approximate surface area is 190 Å². The molecule has 32 heavy (non-hydrogen) atoms. The van der Waals surface area contributed by atoms with E-state index in [0.717, 1.165) is 22.6 Å². The summed E-state index contributed by atoms with van der Waals surface area (Å²) >= 11 is 0. The van der Waals surface area contributed by atoms with E-state index in [0.29, 0.717) is 19.4 Å². The molecule has 0 saturated heterocycles. The van der Waals surface area contributed by atoms with E-state index >= 15 is 0 Å². The Morgan fingerprint density at radius 3 is 1.81 bits per heavy atom. The molecule has 0 aliphatic carbocycles. The Morgan fingerprint density at radius 2 is 1.31 bits per heavy atom. The first kappa shape index (κ1) is 23.3. The highest BCUT2D eigenvalue weighted by Crippen LogP contribution is 2.18. The van der Waals surface area contributed by atoms with Crippen LogP contribution >= 0.6 is 0 Å². The van der Waals surface area contributed by atoms with E-state index in [9.17, 15) is 4.79 Å². The Bertz CT molecular complexity index is 952. The Kier molecular flexibility index (Phi) is 8.20. The zero-order valence-corrected chi connectivity index (χ0v) is 19.0. The van der Waals surface area contributed by atoms with Crippen LogP contribution < -0.4 is 4.74 Å². The number of carbonyl (C=O) groups is 1. The predicted molar refractivity (Wildman–Crippen MR) is 129 cm³/mol. The van der Waals surface area contributed by atoms with E-state index in [-0.39, 0.29) is 5.97 Å². The van der Waals surface area contributed by atoms with Gasteiger partial charge in [0.05, 0.1) is 12.3 Å². The van der Waals surface area contributed by atoms with Crippen molar-refractivity contribution in [2.45, 2.75) is 45.3 Å². The van der Waals surface area contributed by atoms with Gasteiger partial charge in [0.15, 0.2) is 0 Å². The van der Waals surface area contributed by atoms with Crippen molar-refractivity contribution in [3.05, 3.63) is 102 Å². The molecule has 0 amide bonds. The van der Waals surface area contributed by atoms with Crippen LogP contribution in [0.25, 0.3) is 0 Å². The topological polar surface area (TPSA) is 47.9 Å². The largest absolute Gasteiger partial charge is 0.494 e. The fraction of sp³-hybridized carbons (Fsp3) is 0.286. The second kappa shape index (κ2) is 11.3. The summed E-state index contributed by atoms with van der Waals surface area (Å²) in [5.41, 5.74) is 2.14. The van der Waals surface area contributed by atoms with Crippen LogP contribution in [0.1, 0.15) is 44.7 Å². The number of benzene rings is 3. The molecule has 0 heterocycles. The molecule has 166 valence electrons. The summed E-state index contributed by atoms with van der Waals surface area (Å²) in [5, 5.41) is 0. The highest BCUT2D eigenvalue weighted by molar-refractivity contribution is 6.13. The van der Waals surface area contributed by atoms with E-state index in [4.69, 9.17) is 14.5 Å². The molecule has 1 unspecified atom stereocenters. The minimum atomic E-state index is -0.621. The summed E-state index contributed by atoms with van der Waals surface area (Å²) in [7, 11) is 0. The van der Waals surface area contributed by atoms with Gasteiger partial charge in [0.1, 0.15) is 17.4 Å². The summed E-state index contributed by atoms with van der Waals surface area (Å²) in [6.07, 6.45) is 1.21. The van der Waals surface area contributed by atoms with E-state index in [1.807, 2.05) is 112 Å². The van der Waals surface area contributed by atoms with Crippen LogP contribution in [0.5, 0.6) is 5.75 Å². The van der Waals surface area contributed by atoms with E-state index in [1.165, 1.54) is 0 Å². The van der Waals surface area contributed by atoms with Crippen LogP contribution in [-0.2, 0) is 9.53 Å². The number of carbonyl (C=O) groups excluding carboxylic acids is 1. The summed E-state index contributed by atoms with van der Waals surface area (Å²) in [4.78, 5) is 18.0. The number of para-hydroxylation sites is 1. The molecule has 0 aromatic heterocycles. The molecule has 0 N–H and O–H groups in total. The first-order valence-corrected chi connectivity index (χ1v) is 11.0. The van der Waals surface area contributed by atoms with Crippen LogP contribution in [0.4, 0.5) is 0 Å². The average Bonchev–Trinajstić information content (AvgIpc) is 2.79. The van der Waals surface area contributed by atoms with Crippen LogP contribution in [0.3, 0.4) is 0 Å². The fourth-order valence-corrected chi connectivity index (χ4v) is 3.25. The molecule has 0 aliphatic heterocycles. The van der Waals surface area contributed by atoms with Crippen molar-refractivity contribution in [1.82, 2.24) is 0 Å². The lowest BCUT2D eigenvalue weighted by molar-refractivity contribution is -0.156. The molecule has 0 spiro atoms. The molecule has 4 heteroatoms. The normalized spacial score (nSPS) is 12.0. The lowest BCUT2D eigenvalue weighted by Gasteiger charge is -2.23. The maximum Gasteiger partial charge on any atom is 0.331 e. The predicted octanol–water partition coefficient (Wildman–Crippen LogP) is 6.09.